The summed E-state index contributed by atoms with van der Waals surface area (Å²) in [4.78, 5) is 21.5. The molecule has 2 N–H and O–H groups in total. The highest BCUT2D eigenvalue weighted by Gasteiger charge is 2.22. The summed E-state index contributed by atoms with van der Waals surface area (Å²) in [5.41, 5.74) is 2.54. The second-order valence-electron chi connectivity index (χ2n) is 8.73. The number of anilines is 4. The maximum absolute atomic E-state index is 12.8. The average Bonchev–Trinajstić information content (AvgIpc) is 3.19. The van der Waals surface area contributed by atoms with Crippen LogP contribution in [0.5, 0.6) is 0 Å². The summed E-state index contributed by atoms with van der Waals surface area (Å²) < 4.78 is 25.5. The van der Waals surface area contributed by atoms with E-state index in [9.17, 15) is 9.36 Å². The van der Waals surface area contributed by atoms with E-state index in [1.165, 1.54) is 6.20 Å². The summed E-state index contributed by atoms with van der Waals surface area (Å²) in [7, 11) is -2.59. The Morgan fingerprint density at radius 1 is 1.17 bits per heavy atom. The number of hydrogen-bond donors (Lipinski definition) is 2. The van der Waals surface area contributed by atoms with Crippen LogP contribution >= 0.6 is 7.14 Å². The first-order valence-corrected chi connectivity index (χ1v) is 14.2. The van der Waals surface area contributed by atoms with Crippen molar-refractivity contribution >= 4 is 41.6 Å². The van der Waals surface area contributed by atoms with Crippen molar-refractivity contribution in [2.24, 2.45) is 0 Å². The summed E-state index contributed by atoms with van der Waals surface area (Å²) in [6.07, 6.45) is 5.01. The van der Waals surface area contributed by atoms with Crippen molar-refractivity contribution in [1.82, 2.24) is 19.7 Å². The van der Waals surface area contributed by atoms with Crippen LogP contribution in [-0.4, -0.2) is 58.9 Å². The van der Waals surface area contributed by atoms with E-state index in [4.69, 9.17) is 9.47 Å². The van der Waals surface area contributed by atoms with Crippen LogP contribution in [0.2, 0.25) is 0 Å². The molecule has 2 aromatic heterocycles. The molecule has 3 heterocycles. The number of benzene rings is 1. The molecule has 1 aliphatic heterocycles. The monoisotopic (exact) mass is 498 g/mol. The van der Waals surface area contributed by atoms with E-state index < -0.39 is 13.1 Å². The highest BCUT2D eigenvalue weighted by Crippen LogP contribution is 2.38. The maximum atomic E-state index is 12.8. The molecule has 4 rings (SSSR count). The number of hydrogen-bond acceptors (Lipinski definition) is 9. The Balaban J connectivity index is 1.66. The van der Waals surface area contributed by atoms with Crippen LogP contribution in [0.1, 0.15) is 41.9 Å². The van der Waals surface area contributed by atoms with E-state index in [-0.39, 0.29) is 18.0 Å². The Kier molecular flexibility index (Phi) is 7.52. The van der Waals surface area contributed by atoms with E-state index in [1.54, 1.807) is 32.5 Å². The quantitative estimate of drug-likeness (QED) is 0.347. The maximum Gasteiger partial charge on any atom is 0.343 e. The molecule has 0 spiro atoms. The zero-order valence-corrected chi connectivity index (χ0v) is 21.3. The molecule has 0 aliphatic carbocycles. The zero-order valence-electron chi connectivity index (χ0n) is 20.4. The lowest BCUT2D eigenvalue weighted by Crippen LogP contribution is -2.21. The number of nitrogens with zero attached hydrogens (tertiary/aromatic N) is 4. The molecule has 0 atom stereocenters. The smallest absolute Gasteiger partial charge is 0.343 e. The molecule has 35 heavy (non-hydrogen) atoms. The van der Waals surface area contributed by atoms with Crippen LogP contribution in [0.25, 0.3) is 0 Å². The van der Waals surface area contributed by atoms with Crippen molar-refractivity contribution in [3.63, 3.8) is 0 Å². The first-order valence-electron chi connectivity index (χ1n) is 11.6. The van der Waals surface area contributed by atoms with Crippen molar-refractivity contribution < 1.29 is 18.8 Å². The number of para-hydroxylation sites is 1. The normalized spacial score (nSPS) is 14.5. The van der Waals surface area contributed by atoms with Gasteiger partial charge in [-0.05, 0) is 52.2 Å². The van der Waals surface area contributed by atoms with Gasteiger partial charge in [0.15, 0.2) is 5.82 Å². The summed E-state index contributed by atoms with van der Waals surface area (Å²) in [5.74, 6) is 0.0129. The molecule has 3 aromatic rings. The van der Waals surface area contributed by atoms with Crippen LogP contribution in [0, 0.1) is 6.92 Å². The van der Waals surface area contributed by atoms with Gasteiger partial charge in [-0.25, -0.2) is 9.78 Å². The van der Waals surface area contributed by atoms with Crippen LogP contribution < -0.4 is 15.9 Å². The van der Waals surface area contributed by atoms with E-state index in [0.29, 0.717) is 23.0 Å². The third-order valence-electron chi connectivity index (χ3n) is 5.85. The molecular weight excluding hydrogens is 467 g/mol. The minimum atomic E-state index is -2.59. The lowest BCUT2D eigenvalue weighted by atomic mass is 10.1. The standard InChI is InChI=1S/C24H31N6O4P/c1-5-34-23(31)18-14-25-24(28-20-15-26-30(16(20)2)17-10-12-33-13-11-17)29-22(18)27-19-8-6-7-9-21(19)35(3,4)32/h6-9,14-15,17H,5,10-13H2,1-4H3,(H2,25,27,28,29). The number of esters is 1. The van der Waals surface area contributed by atoms with Gasteiger partial charge in [0.05, 0.1) is 35.9 Å². The number of nitrogens with one attached hydrogen (secondary N) is 2. The van der Waals surface area contributed by atoms with Gasteiger partial charge < -0.3 is 24.7 Å². The molecule has 0 unspecified atom stereocenters. The molecule has 0 saturated carbocycles. The Bertz CT molecular complexity index is 1250. The summed E-state index contributed by atoms with van der Waals surface area (Å²) in [6, 6.07) is 7.57. The fourth-order valence-corrected chi connectivity index (χ4v) is 5.19. The third kappa shape index (κ3) is 5.71. The first-order chi connectivity index (χ1) is 16.8. The van der Waals surface area contributed by atoms with Gasteiger partial charge in [-0.2, -0.15) is 10.1 Å². The van der Waals surface area contributed by atoms with Crippen molar-refractivity contribution in [3.8, 4) is 0 Å². The van der Waals surface area contributed by atoms with Crippen LogP contribution in [0.3, 0.4) is 0 Å². The average molecular weight is 499 g/mol. The number of carbonyl (C=O) groups is 1. The van der Waals surface area contributed by atoms with E-state index in [1.807, 2.05) is 29.8 Å². The van der Waals surface area contributed by atoms with Gasteiger partial charge in [-0.3, -0.25) is 4.68 Å². The number of aromatic nitrogens is 4. The largest absolute Gasteiger partial charge is 0.462 e. The van der Waals surface area contributed by atoms with Gasteiger partial charge in [0.1, 0.15) is 12.7 Å². The SMILES string of the molecule is CCOC(=O)c1cnc(Nc2cnn(C3CCOCC3)c2C)nc1Nc1ccccc1P(C)(C)=O. The molecule has 10 nitrogen and oxygen atoms in total. The second kappa shape index (κ2) is 10.6. The summed E-state index contributed by atoms with van der Waals surface area (Å²) in [6.45, 7) is 8.80. The van der Waals surface area contributed by atoms with Gasteiger partial charge in [0, 0.05) is 24.7 Å². The summed E-state index contributed by atoms with van der Waals surface area (Å²) >= 11 is 0. The topological polar surface area (TPSA) is 120 Å². The fourth-order valence-electron chi connectivity index (χ4n) is 4.04. The van der Waals surface area contributed by atoms with Gasteiger partial charge in [0.25, 0.3) is 0 Å². The van der Waals surface area contributed by atoms with Gasteiger partial charge in [-0.1, -0.05) is 12.1 Å². The minimum Gasteiger partial charge on any atom is -0.462 e. The molecule has 1 aromatic carbocycles. The fraction of sp³-hybridized carbons (Fsp3) is 0.417. The van der Waals surface area contributed by atoms with Gasteiger partial charge >= 0.3 is 5.97 Å². The van der Waals surface area contributed by atoms with E-state index in [0.717, 1.165) is 37.4 Å². The molecule has 11 heteroatoms. The van der Waals surface area contributed by atoms with E-state index >= 15 is 0 Å². The third-order valence-corrected chi connectivity index (χ3v) is 7.40. The molecule has 186 valence electrons. The predicted octanol–water partition coefficient (Wildman–Crippen LogP) is 4.24. The predicted molar refractivity (Wildman–Crippen MR) is 136 cm³/mol. The Labute approximate surface area is 204 Å². The van der Waals surface area contributed by atoms with Crippen LogP contribution in [-0.2, 0) is 14.0 Å². The Morgan fingerprint density at radius 3 is 2.63 bits per heavy atom. The van der Waals surface area contributed by atoms with E-state index in [2.05, 4.69) is 25.7 Å². The lowest BCUT2D eigenvalue weighted by Gasteiger charge is -2.23. The van der Waals surface area contributed by atoms with Crippen molar-refractivity contribution in [1.29, 1.82) is 0 Å². The minimum absolute atomic E-state index is 0.184. The Morgan fingerprint density at radius 2 is 1.91 bits per heavy atom. The first kappa shape index (κ1) is 24.9. The van der Waals surface area contributed by atoms with Crippen molar-refractivity contribution in [2.75, 3.05) is 43.8 Å². The highest BCUT2D eigenvalue weighted by atomic mass is 31.2. The molecule has 1 fully saturated rings. The van der Waals surface area contributed by atoms with Gasteiger partial charge in [-0.15, -0.1) is 0 Å². The number of rotatable bonds is 8. The summed E-state index contributed by atoms with van der Waals surface area (Å²) in [5, 5.41) is 11.6. The number of carbonyl (C=O) groups excluding carboxylic acids is 1. The Hall–Kier alpha value is -3.23. The van der Waals surface area contributed by atoms with Crippen LogP contribution in [0.15, 0.2) is 36.7 Å². The number of ether oxygens (including phenoxy) is 2. The molecule has 1 aliphatic rings. The molecule has 1 saturated heterocycles. The van der Waals surface area contributed by atoms with Crippen molar-refractivity contribution in [3.05, 3.63) is 47.9 Å². The second-order valence-corrected chi connectivity index (χ2v) is 11.9. The molecule has 0 amide bonds. The lowest BCUT2D eigenvalue weighted by molar-refractivity contribution is 0.0526. The molecule has 0 bridgehead atoms. The van der Waals surface area contributed by atoms with Crippen LogP contribution in [0.4, 0.5) is 23.1 Å². The molecule has 0 radical (unpaired) electrons. The zero-order chi connectivity index (χ0) is 25.0. The van der Waals surface area contributed by atoms with Crippen molar-refractivity contribution in [2.45, 2.75) is 32.7 Å². The van der Waals surface area contributed by atoms with Gasteiger partial charge in [0.2, 0.25) is 5.95 Å². The molecular formula is C24H31N6O4P. The highest BCUT2D eigenvalue weighted by molar-refractivity contribution is 7.70.